The molecule has 2 aliphatic heterocycles. The first-order valence-corrected chi connectivity index (χ1v) is 21.8. The number of para-hydroxylation sites is 3. The third-order valence-electron chi connectivity index (χ3n) is 14.1. The second kappa shape index (κ2) is 12.2. The van der Waals surface area contributed by atoms with E-state index in [-0.39, 0.29) is 6.71 Å². The minimum atomic E-state index is -0.111. The first-order chi connectivity index (χ1) is 31.2. The Morgan fingerprint density at radius 2 is 0.794 bits per heavy atom. The largest absolute Gasteiger partial charge is 0.311 e. The summed E-state index contributed by atoms with van der Waals surface area (Å²) >= 11 is 0. The standard InChI is InChI=1S/C58H33BN4/c1-3-16-42(17-4-1)62-47-29-38-23-21-34-12-9-14-36-25-27-44(53(38)51(34)36)55(47)59-56-45-28-26-37-15-10-13-35-22-24-39(54(45)52(35)37)30-48(56)63(43-18-5-2-6-19-43)50-32-41(31-49(62)57(50)59)58-60-33-40-11-7-8-20-46(40)61-58/h1-33H. The zero-order chi connectivity index (χ0) is 40.9. The Morgan fingerprint density at radius 3 is 1.33 bits per heavy atom. The van der Waals surface area contributed by atoms with Crippen molar-refractivity contribution in [2.24, 2.45) is 0 Å². The van der Waals surface area contributed by atoms with Crippen molar-refractivity contribution >= 4 is 133 Å². The van der Waals surface area contributed by atoms with Gasteiger partial charge >= 0.3 is 0 Å². The predicted molar refractivity (Wildman–Crippen MR) is 266 cm³/mol. The second-order valence-electron chi connectivity index (χ2n) is 17.3. The van der Waals surface area contributed by atoms with Crippen molar-refractivity contribution in [2.45, 2.75) is 0 Å². The van der Waals surface area contributed by atoms with Crippen LogP contribution in [0.25, 0.3) is 86.9 Å². The van der Waals surface area contributed by atoms with Gasteiger partial charge in [-0.2, -0.15) is 0 Å². The van der Waals surface area contributed by atoms with Gasteiger partial charge in [-0.25, -0.2) is 9.97 Å². The molecule has 0 N–H and O–H groups in total. The summed E-state index contributed by atoms with van der Waals surface area (Å²) < 4.78 is 0. The summed E-state index contributed by atoms with van der Waals surface area (Å²) in [4.78, 5) is 15.3. The summed E-state index contributed by atoms with van der Waals surface area (Å²) in [5.74, 6) is 0.702. The van der Waals surface area contributed by atoms with Crippen molar-refractivity contribution in [2.75, 3.05) is 9.80 Å². The number of rotatable bonds is 3. The average Bonchev–Trinajstić information content (AvgIpc) is 3.34. The van der Waals surface area contributed by atoms with E-state index in [0.29, 0.717) is 5.82 Å². The zero-order valence-corrected chi connectivity index (χ0v) is 33.9. The molecule has 0 radical (unpaired) electrons. The van der Waals surface area contributed by atoms with Crippen LogP contribution in [0.1, 0.15) is 0 Å². The number of benzene rings is 12. The number of aromatic nitrogens is 2. The molecule has 0 unspecified atom stereocenters. The molecule has 0 saturated carbocycles. The number of anilines is 6. The summed E-state index contributed by atoms with van der Waals surface area (Å²) in [7, 11) is 0. The molecule has 0 atom stereocenters. The van der Waals surface area contributed by atoms with Gasteiger partial charge in [-0.15, -0.1) is 0 Å². The SMILES string of the molecule is c1ccc(N2c3cc(-c4ncc5ccccc5n4)cc4c3B(c3c2cc2ccc5cccc6ccc3c2c56)c2c(cc3ccc5cccc6ccc2c3c56)N4c2ccccc2)cc1. The van der Waals surface area contributed by atoms with Crippen LogP contribution in [-0.4, -0.2) is 16.7 Å². The Morgan fingerprint density at radius 1 is 0.349 bits per heavy atom. The molecule has 2 aliphatic rings. The van der Waals surface area contributed by atoms with Gasteiger partial charge in [0.25, 0.3) is 6.71 Å². The van der Waals surface area contributed by atoms with E-state index in [1.54, 1.807) is 0 Å². The molecule has 63 heavy (non-hydrogen) atoms. The normalized spacial score (nSPS) is 13.3. The van der Waals surface area contributed by atoms with Gasteiger partial charge in [0.1, 0.15) is 0 Å². The van der Waals surface area contributed by atoms with E-state index in [9.17, 15) is 0 Å². The first-order valence-electron chi connectivity index (χ1n) is 21.8. The minimum absolute atomic E-state index is 0.111. The van der Waals surface area contributed by atoms with E-state index < -0.39 is 0 Å². The van der Waals surface area contributed by atoms with E-state index in [1.165, 1.54) is 92.4 Å². The summed E-state index contributed by atoms with van der Waals surface area (Å²) in [6.07, 6.45) is 1.96. The molecule has 5 heteroatoms. The minimum Gasteiger partial charge on any atom is -0.311 e. The van der Waals surface area contributed by atoms with E-state index in [2.05, 4.69) is 198 Å². The summed E-state index contributed by atoms with van der Waals surface area (Å²) in [6, 6.07) is 71.9. The molecule has 4 nitrogen and oxygen atoms in total. The van der Waals surface area contributed by atoms with Gasteiger partial charge in [-0.05, 0) is 136 Å². The van der Waals surface area contributed by atoms with Crippen LogP contribution in [0.15, 0.2) is 200 Å². The van der Waals surface area contributed by atoms with Gasteiger partial charge in [0, 0.05) is 51.3 Å². The van der Waals surface area contributed by atoms with Gasteiger partial charge in [0.2, 0.25) is 0 Å². The highest BCUT2D eigenvalue weighted by molar-refractivity contribution is 7.03. The number of fused-ring (bicyclic) bond motifs is 7. The van der Waals surface area contributed by atoms with Crippen LogP contribution in [-0.2, 0) is 0 Å². The topological polar surface area (TPSA) is 32.3 Å². The fraction of sp³-hybridized carbons (Fsp3) is 0. The maximum absolute atomic E-state index is 5.23. The van der Waals surface area contributed by atoms with Gasteiger partial charge in [-0.1, -0.05) is 140 Å². The lowest BCUT2D eigenvalue weighted by Gasteiger charge is -2.45. The molecule has 1 aromatic heterocycles. The highest BCUT2D eigenvalue weighted by atomic mass is 15.2. The molecule has 0 amide bonds. The first kappa shape index (κ1) is 33.4. The van der Waals surface area contributed by atoms with Crippen molar-refractivity contribution < 1.29 is 0 Å². The van der Waals surface area contributed by atoms with Crippen LogP contribution in [0.2, 0.25) is 0 Å². The van der Waals surface area contributed by atoms with E-state index in [1.807, 2.05) is 12.3 Å². The van der Waals surface area contributed by atoms with Crippen LogP contribution in [0.4, 0.5) is 34.1 Å². The van der Waals surface area contributed by atoms with Crippen molar-refractivity contribution in [1.82, 2.24) is 9.97 Å². The molecule has 0 aliphatic carbocycles. The van der Waals surface area contributed by atoms with Crippen molar-refractivity contribution in [3.05, 3.63) is 200 Å². The molecule has 0 fully saturated rings. The van der Waals surface area contributed by atoms with Crippen LogP contribution in [0.3, 0.4) is 0 Å². The van der Waals surface area contributed by atoms with Crippen molar-refractivity contribution in [3.63, 3.8) is 0 Å². The highest BCUT2D eigenvalue weighted by Gasteiger charge is 2.46. The zero-order valence-electron chi connectivity index (χ0n) is 33.9. The second-order valence-corrected chi connectivity index (χ2v) is 17.3. The van der Waals surface area contributed by atoms with Crippen LogP contribution >= 0.6 is 0 Å². The fourth-order valence-electron chi connectivity index (χ4n) is 11.5. The van der Waals surface area contributed by atoms with Gasteiger partial charge in [-0.3, -0.25) is 0 Å². The molecule has 12 aromatic carbocycles. The Balaban J connectivity index is 1.16. The van der Waals surface area contributed by atoms with Gasteiger partial charge < -0.3 is 9.80 Å². The van der Waals surface area contributed by atoms with E-state index in [0.717, 1.165) is 39.2 Å². The van der Waals surface area contributed by atoms with Crippen LogP contribution in [0, 0.1) is 0 Å². The van der Waals surface area contributed by atoms with Crippen molar-refractivity contribution in [1.29, 1.82) is 0 Å². The lowest BCUT2D eigenvalue weighted by molar-refractivity contribution is 1.21. The summed E-state index contributed by atoms with van der Waals surface area (Å²) in [5, 5.41) is 16.5. The molecule has 13 aromatic rings. The Bertz CT molecular complexity index is 3800. The van der Waals surface area contributed by atoms with Crippen LogP contribution < -0.4 is 26.2 Å². The lowest BCUT2D eigenvalue weighted by Crippen LogP contribution is -2.61. The quantitative estimate of drug-likeness (QED) is 0.132. The molecule has 3 heterocycles. The van der Waals surface area contributed by atoms with Gasteiger partial charge in [0.15, 0.2) is 5.82 Å². The number of hydrogen-bond donors (Lipinski definition) is 0. The summed E-state index contributed by atoms with van der Waals surface area (Å²) in [6.45, 7) is -0.111. The number of nitrogens with zero attached hydrogens (tertiary/aromatic N) is 4. The molecule has 288 valence electrons. The van der Waals surface area contributed by atoms with E-state index in [4.69, 9.17) is 9.97 Å². The fourth-order valence-corrected chi connectivity index (χ4v) is 11.5. The molecule has 0 bridgehead atoms. The van der Waals surface area contributed by atoms with E-state index >= 15 is 0 Å². The molecular formula is C58H33BN4. The average molecular weight is 797 g/mol. The molecule has 0 saturated heterocycles. The Kier molecular flexibility index (Phi) is 6.47. The Labute approximate surface area is 362 Å². The predicted octanol–water partition coefficient (Wildman–Crippen LogP) is 13.2. The van der Waals surface area contributed by atoms with Crippen molar-refractivity contribution in [3.8, 4) is 11.4 Å². The monoisotopic (exact) mass is 796 g/mol. The van der Waals surface area contributed by atoms with Gasteiger partial charge in [0.05, 0.1) is 5.52 Å². The Hall–Kier alpha value is -8.28. The van der Waals surface area contributed by atoms with Crippen LogP contribution in [0.5, 0.6) is 0 Å². The third kappa shape index (κ3) is 4.45. The molecular weight excluding hydrogens is 763 g/mol. The highest BCUT2D eigenvalue weighted by Crippen LogP contribution is 2.50. The maximum atomic E-state index is 5.23. The lowest BCUT2D eigenvalue weighted by atomic mass is 9.32. The smallest absolute Gasteiger partial charge is 0.253 e. The molecule has 15 rings (SSSR count). The third-order valence-corrected chi connectivity index (χ3v) is 14.1. The molecule has 0 spiro atoms. The number of hydrogen-bond acceptors (Lipinski definition) is 4. The maximum Gasteiger partial charge on any atom is 0.253 e. The summed E-state index contributed by atoms with van der Waals surface area (Å²) in [5.41, 5.74) is 12.7.